The molecule has 2 aliphatic rings. The van der Waals surface area contributed by atoms with Gasteiger partial charge in [-0.1, -0.05) is 0 Å². The van der Waals surface area contributed by atoms with Crippen LogP contribution in [0, 0.1) is 10.1 Å². The molecule has 2 aliphatic heterocycles. The fraction of sp³-hybridized carbons (Fsp3) is 0.211. The average molecular weight is 505 g/mol. The number of ketones is 1. The highest BCUT2D eigenvalue weighted by Gasteiger charge is 2.55. The lowest BCUT2D eigenvalue weighted by Crippen LogP contribution is -2.71. The first-order valence-corrected chi connectivity index (χ1v) is 11.4. The molecule has 0 bridgehead atoms. The molecule has 13 nitrogen and oxygen atoms in total. The van der Waals surface area contributed by atoms with Gasteiger partial charge in [-0.2, -0.15) is 0 Å². The number of carbonyl (C=O) groups excluding carboxylic acids is 4. The summed E-state index contributed by atoms with van der Waals surface area (Å²) >= 11 is 2.08. The number of anilines is 1. The Kier molecular flexibility index (Phi) is 6.21. The topological polar surface area (TPSA) is 195 Å². The number of esters is 1. The number of amides is 2. The highest BCUT2D eigenvalue weighted by molar-refractivity contribution is 8.00. The van der Waals surface area contributed by atoms with Crippen molar-refractivity contribution in [3.05, 3.63) is 62.5 Å². The number of Topliss-reactive ketones (excluding diaryl/α,β-unsaturated/α-hetero) is 1. The number of rotatable bonds is 7. The first-order chi connectivity index (χ1) is 16.2. The lowest BCUT2D eigenvalue weighted by Gasteiger charge is -2.48. The number of nitrogens with zero attached hydrogens (tertiary/aromatic N) is 3. The molecular weight excluding hydrogens is 490 g/mol. The smallest absolute Gasteiger partial charge is 0.358 e. The Labute approximate surface area is 198 Å². The number of fused-ring (bicyclic) bond motifs is 1. The maximum absolute atomic E-state index is 12.7. The van der Waals surface area contributed by atoms with Gasteiger partial charge >= 0.3 is 5.97 Å². The number of nitrogens with two attached hydrogens (primary N) is 1. The maximum atomic E-state index is 12.7. The van der Waals surface area contributed by atoms with E-state index in [4.69, 9.17) is 10.5 Å². The Bertz CT molecular complexity index is 1240. The third-order valence-electron chi connectivity index (χ3n) is 4.91. The minimum Gasteiger partial charge on any atom is -0.509 e. The van der Waals surface area contributed by atoms with E-state index in [1.54, 1.807) is 0 Å². The number of aliphatic hydroxyl groups is 1. The predicted octanol–water partition coefficient (Wildman–Crippen LogP) is 0.729. The lowest BCUT2D eigenvalue weighted by atomic mass is 10.0. The van der Waals surface area contributed by atoms with Crippen molar-refractivity contribution in [2.45, 2.75) is 18.0 Å². The third kappa shape index (κ3) is 4.29. The molecule has 3 heterocycles. The number of nitro groups is 1. The van der Waals surface area contributed by atoms with Gasteiger partial charge in [-0.25, -0.2) is 9.78 Å². The summed E-state index contributed by atoms with van der Waals surface area (Å²) < 4.78 is 5.16. The predicted molar refractivity (Wildman–Crippen MR) is 118 cm³/mol. The Balaban J connectivity index is 1.40. The molecule has 15 heteroatoms. The number of aromatic nitrogens is 1. The van der Waals surface area contributed by atoms with Crippen LogP contribution in [-0.2, 0) is 25.7 Å². The first-order valence-electron chi connectivity index (χ1n) is 9.50. The quantitative estimate of drug-likeness (QED) is 0.120. The van der Waals surface area contributed by atoms with Gasteiger partial charge in [0.2, 0.25) is 0 Å². The van der Waals surface area contributed by atoms with Crippen molar-refractivity contribution < 1.29 is 33.9 Å². The second kappa shape index (κ2) is 9.11. The molecule has 0 saturated carbocycles. The number of thiazole rings is 1. The van der Waals surface area contributed by atoms with E-state index < -0.39 is 39.9 Å². The van der Waals surface area contributed by atoms with Crippen molar-refractivity contribution in [2.75, 3.05) is 11.5 Å². The molecular formula is C19H15N5O8S2. The summed E-state index contributed by atoms with van der Waals surface area (Å²) in [6, 6.07) is 4.23. The van der Waals surface area contributed by atoms with Gasteiger partial charge in [-0.3, -0.25) is 29.4 Å². The molecule has 1 fully saturated rings. The Morgan fingerprint density at radius 2 is 2.03 bits per heavy atom. The SMILES string of the molecule is Nc1nc(C(=O)C(=O)NC2C(=O)N3C(C(=O)OCc4ccc([N+](=O)[O-])cc4)=C(O)CS[C@@H]23)cs1. The van der Waals surface area contributed by atoms with Gasteiger partial charge < -0.3 is 20.9 Å². The van der Waals surface area contributed by atoms with E-state index in [1.165, 1.54) is 29.6 Å². The first kappa shape index (κ1) is 23.2. The van der Waals surface area contributed by atoms with E-state index in [1.807, 2.05) is 0 Å². The number of thioether (sulfide) groups is 1. The van der Waals surface area contributed by atoms with Crippen LogP contribution < -0.4 is 11.1 Å². The van der Waals surface area contributed by atoms with Crippen LogP contribution in [0.25, 0.3) is 0 Å². The van der Waals surface area contributed by atoms with Crippen LogP contribution in [0.1, 0.15) is 16.1 Å². The van der Waals surface area contributed by atoms with Crippen molar-refractivity contribution in [3.63, 3.8) is 0 Å². The molecule has 4 N–H and O–H groups in total. The van der Waals surface area contributed by atoms with Crippen LogP contribution in [-0.4, -0.2) is 60.6 Å². The second-order valence-corrected chi connectivity index (χ2v) is 9.05. The van der Waals surface area contributed by atoms with Crippen molar-refractivity contribution in [2.24, 2.45) is 0 Å². The van der Waals surface area contributed by atoms with E-state index >= 15 is 0 Å². The molecule has 176 valence electrons. The largest absolute Gasteiger partial charge is 0.509 e. The molecule has 1 aromatic carbocycles. The number of hydrogen-bond donors (Lipinski definition) is 3. The summed E-state index contributed by atoms with van der Waals surface area (Å²) in [6.45, 7) is -0.251. The number of non-ortho nitro benzene ring substituents is 1. The summed E-state index contributed by atoms with van der Waals surface area (Å²) in [5, 5.41) is 24.0. The standard InChI is InChI=1S/C19H15N5O8S2/c20-19-21-10(6-34-19)14(26)15(27)22-12-16(28)23-13(11(25)7-33-17(12)23)18(29)32-5-8-1-3-9(4-2-8)24(30)31/h1-4,6,12,17,25H,5,7H2,(H2,20,21)(H,22,27)/t12?,17-/m0/s1. The molecule has 2 atom stereocenters. The number of hydrogen-bond acceptors (Lipinski definition) is 12. The maximum Gasteiger partial charge on any atom is 0.358 e. The third-order valence-corrected chi connectivity index (χ3v) is 6.84. The van der Waals surface area contributed by atoms with E-state index in [9.17, 15) is 34.4 Å². The van der Waals surface area contributed by atoms with Gasteiger partial charge in [0.25, 0.3) is 23.3 Å². The second-order valence-electron chi connectivity index (χ2n) is 7.06. The highest BCUT2D eigenvalue weighted by Crippen LogP contribution is 2.40. The number of nitrogens with one attached hydrogen (secondary N) is 1. The molecule has 34 heavy (non-hydrogen) atoms. The summed E-state index contributed by atoms with van der Waals surface area (Å²) in [7, 11) is 0. The van der Waals surface area contributed by atoms with Gasteiger partial charge in [0.1, 0.15) is 29.5 Å². The number of nitro benzene ring substituents is 1. The Hall–Kier alpha value is -3.98. The molecule has 0 spiro atoms. The summed E-state index contributed by atoms with van der Waals surface area (Å²) in [5.74, 6) is -4.09. The van der Waals surface area contributed by atoms with Gasteiger partial charge in [0, 0.05) is 17.5 Å². The molecule has 1 saturated heterocycles. The number of carbonyl (C=O) groups is 4. The van der Waals surface area contributed by atoms with E-state index in [0.717, 1.165) is 28.0 Å². The Morgan fingerprint density at radius 1 is 1.32 bits per heavy atom. The van der Waals surface area contributed by atoms with E-state index in [0.29, 0.717) is 5.56 Å². The normalized spacial score (nSPS) is 19.2. The molecule has 0 aliphatic carbocycles. The fourth-order valence-corrected chi connectivity index (χ4v) is 4.98. The van der Waals surface area contributed by atoms with Crippen molar-refractivity contribution in [3.8, 4) is 0 Å². The molecule has 2 amide bonds. The van der Waals surface area contributed by atoms with Crippen molar-refractivity contribution >= 4 is 57.5 Å². The molecule has 1 unspecified atom stereocenters. The molecule has 1 aromatic heterocycles. The summed E-state index contributed by atoms with van der Waals surface area (Å²) in [4.78, 5) is 64.6. The van der Waals surface area contributed by atoms with Crippen LogP contribution in [0.4, 0.5) is 10.8 Å². The van der Waals surface area contributed by atoms with Gasteiger partial charge in [0.05, 0.1) is 10.7 Å². The van der Waals surface area contributed by atoms with Crippen LogP contribution >= 0.6 is 23.1 Å². The Morgan fingerprint density at radius 3 is 2.65 bits per heavy atom. The minimum atomic E-state index is -1.09. The van der Waals surface area contributed by atoms with Gasteiger partial charge in [-0.15, -0.1) is 23.1 Å². The number of β-lactam (4-membered cyclic amide) rings is 1. The number of nitrogen functional groups attached to an aromatic ring is 1. The molecule has 0 radical (unpaired) electrons. The number of ether oxygens (including phenoxy) is 1. The number of benzene rings is 1. The zero-order valence-corrected chi connectivity index (χ0v) is 18.6. The van der Waals surface area contributed by atoms with E-state index in [2.05, 4.69) is 10.3 Å². The zero-order chi connectivity index (χ0) is 24.6. The summed E-state index contributed by atoms with van der Waals surface area (Å²) in [6.07, 6.45) is 0. The molecule has 4 rings (SSSR count). The number of aliphatic hydroxyl groups excluding tert-OH is 1. The van der Waals surface area contributed by atoms with Crippen LogP contribution in [0.3, 0.4) is 0 Å². The lowest BCUT2D eigenvalue weighted by molar-refractivity contribution is -0.384. The van der Waals surface area contributed by atoms with Crippen molar-refractivity contribution in [1.82, 2.24) is 15.2 Å². The van der Waals surface area contributed by atoms with Crippen molar-refractivity contribution in [1.29, 1.82) is 0 Å². The average Bonchev–Trinajstić information content (AvgIpc) is 3.26. The van der Waals surface area contributed by atoms with E-state index in [-0.39, 0.29) is 40.3 Å². The van der Waals surface area contributed by atoms with Gasteiger partial charge in [0.15, 0.2) is 10.8 Å². The fourth-order valence-electron chi connectivity index (χ4n) is 3.24. The molecule has 2 aromatic rings. The highest BCUT2D eigenvalue weighted by atomic mass is 32.2. The van der Waals surface area contributed by atoms with Crippen LogP contribution in [0.15, 0.2) is 41.1 Å². The monoisotopic (exact) mass is 505 g/mol. The zero-order valence-electron chi connectivity index (χ0n) is 17.0. The van der Waals surface area contributed by atoms with Crippen LogP contribution in [0.2, 0.25) is 0 Å². The summed E-state index contributed by atoms with van der Waals surface area (Å²) in [5.41, 5.74) is 5.29. The minimum absolute atomic E-state index is 0.0284. The van der Waals surface area contributed by atoms with Crippen LogP contribution in [0.5, 0.6) is 0 Å². The van der Waals surface area contributed by atoms with Gasteiger partial charge in [-0.05, 0) is 17.7 Å².